The number of ether oxygens (including phenoxy) is 2. The number of amides is 1. The highest BCUT2D eigenvalue weighted by Crippen LogP contribution is 2.38. The van der Waals surface area contributed by atoms with Gasteiger partial charge in [-0.2, -0.15) is 0 Å². The van der Waals surface area contributed by atoms with E-state index in [1.54, 1.807) is 26.0 Å². The quantitative estimate of drug-likeness (QED) is 0.361. The highest BCUT2D eigenvalue weighted by molar-refractivity contribution is 6.29. The number of anilines is 1. The molecular formula is C28H26ClN3O5. The smallest absolute Gasteiger partial charge is 0.271 e. The number of nitrogens with two attached hydrogens (primary N) is 1. The monoisotopic (exact) mass is 519 g/mol. The van der Waals surface area contributed by atoms with E-state index in [1.807, 2.05) is 38.2 Å². The summed E-state index contributed by atoms with van der Waals surface area (Å²) < 4.78 is 18.3. The van der Waals surface area contributed by atoms with Gasteiger partial charge in [-0.3, -0.25) is 9.59 Å². The van der Waals surface area contributed by atoms with Crippen LogP contribution in [-0.4, -0.2) is 31.1 Å². The Kier molecular flexibility index (Phi) is 6.29. The first-order valence-corrected chi connectivity index (χ1v) is 12.2. The molecule has 1 aliphatic heterocycles. The number of nitrogens with zero attached hydrogens (tertiary/aromatic N) is 2. The van der Waals surface area contributed by atoms with Crippen LogP contribution in [0.2, 0.25) is 5.15 Å². The summed E-state index contributed by atoms with van der Waals surface area (Å²) in [5, 5.41) is 0.580. The van der Waals surface area contributed by atoms with Crippen LogP contribution < -0.4 is 25.5 Å². The first kappa shape index (κ1) is 24.6. The van der Waals surface area contributed by atoms with E-state index >= 15 is 0 Å². The van der Waals surface area contributed by atoms with E-state index in [0.29, 0.717) is 34.5 Å². The normalized spacial score (nSPS) is 13.7. The Morgan fingerprint density at radius 3 is 2.73 bits per heavy atom. The first-order valence-electron chi connectivity index (χ1n) is 11.8. The second-order valence-corrected chi connectivity index (χ2v) is 9.56. The maximum atomic E-state index is 13.5. The van der Waals surface area contributed by atoms with Crippen molar-refractivity contribution in [2.24, 2.45) is 5.73 Å². The molecule has 4 aromatic rings. The number of rotatable bonds is 5. The fraction of sp³-hybridized carbons (Fsp3) is 0.250. The molecule has 2 aromatic heterocycles. The standard InChI is InChI=1S/C28H26ClN3O5/c1-14-11-18(16(3)36-22-7-8-23(29)31-24(22)28(30)34)27-19(12-14)25(33)15(2)26(37-27)17-5-6-21-20(13-17)32(4)9-10-35-21/h5-8,11-13,16H,9-10H2,1-4H3,(H2,30,34)/t16-/m1/s1. The summed E-state index contributed by atoms with van der Waals surface area (Å²) in [6, 6.07) is 12.5. The molecule has 0 saturated carbocycles. The lowest BCUT2D eigenvalue weighted by Crippen LogP contribution is -2.28. The van der Waals surface area contributed by atoms with E-state index in [2.05, 4.69) is 9.88 Å². The number of benzene rings is 2. The molecule has 0 radical (unpaired) electrons. The number of primary amides is 1. The van der Waals surface area contributed by atoms with Gasteiger partial charge in [0.2, 0.25) is 0 Å². The van der Waals surface area contributed by atoms with E-state index in [9.17, 15) is 9.59 Å². The first-order chi connectivity index (χ1) is 17.6. The summed E-state index contributed by atoms with van der Waals surface area (Å²) in [5.74, 6) is 0.692. The minimum atomic E-state index is -0.760. The summed E-state index contributed by atoms with van der Waals surface area (Å²) in [5.41, 5.74) is 9.42. The SMILES string of the molecule is Cc1cc([C@@H](C)Oc2ccc(Cl)nc2C(N)=O)c2oc(-c3ccc4c(c3)N(C)CCO4)c(C)c(=O)c2c1. The van der Waals surface area contributed by atoms with Crippen molar-refractivity contribution in [1.82, 2.24) is 4.98 Å². The minimum absolute atomic E-state index is 0.0744. The molecule has 190 valence electrons. The van der Waals surface area contributed by atoms with Gasteiger partial charge in [0.25, 0.3) is 5.91 Å². The van der Waals surface area contributed by atoms with Crippen molar-refractivity contribution in [3.63, 3.8) is 0 Å². The molecular weight excluding hydrogens is 494 g/mol. The summed E-state index contributed by atoms with van der Waals surface area (Å²) in [7, 11) is 2.00. The number of hydrogen-bond donors (Lipinski definition) is 1. The van der Waals surface area contributed by atoms with Crippen LogP contribution in [-0.2, 0) is 0 Å². The molecule has 1 atom stereocenters. The van der Waals surface area contributed by atoms with Crippen LogP contribution in [0, 0.1) is 13.8 Å². The Hall–Kier alpha value is -4.04. The van der Waals surface area contributed by atoms with Gasteiger partial charge in [0.1, 0.15) is 35.0 Å². The number of likely N-dealkylation sites (N-methyl/N-ethyl adjacent to an activating group) is 1. The largest absolute Gasteiger partial charge is 0.490 e. The van der Waals surface area contributed by atoms with E-state index in [-0.39, 0.29) is 22.0 Å². The van der Waals surface area contributed by atoms with E-state index in [0.717, 1.165) is 29.1 Å². The van der Waals surface area contributed by atoms with E-state index in [4.69, 9.17) is 31.2 Å². The molecule has 3 heterocycles. The van der Waals surface area contributed by atoms with Crippen LogP contribution in [0.25, 0.3) is 22.3 Å². The molecule has 0 saturated heterocycles. The van der Waals surface area contributed by atoms with Gasteiger partial charge in [0, 0.05) is 23.7 Å². The number of pyridine rings is 1. The number of aryl methyl sites for hydroxylation is 1. The molecule has 1 amide bonds. The topological polar surface area (TPSA) is 108 Å². The predicted molar refractivity (Wildman–Crippen MR) is 143 cm³/mol. The number of carbonyl (C=O) groups is 1. The fourth-order valence-electron chi connectivity index (χ4n) is 4.58. The third kappa shape index (κ3) is 4.49. The number of aromatic nitrogens is 1. The zero-order valence-electron chi connectivity index (χ0n) is 20.9. The van der Waals surface area contributed by atoms with Crippen molar-refractivity contribution in [2.45, 2.75) is 26.9 Å². The molecule has 0 bridgehead atoms. The molecule has 0 spiro atoms. The molecule has 37 heavy (non-hydrogen) atoms. The predicted octanol–water partition coefficient (Wildman–Crippen LogP) is 5.19. The van der Waals surface area contributed by atoms with Crippen LogP contribution in [0.4, 0.5) is 5.69 Å². The van der Waals surface area contributed by atoms with Crippen molar-refractivity contribution < 1.29 is 18.7 Å². The van der Waals surface area contributed by atoms with Crippen LogP contribution in [0.1, 0.15) is 40.2 Å². The van der Waals surface area contributed by atoms with E-state index < -0.39 is 12.0 Å². The Balaban J connectivity index is 1.65. The average molecular weight is 520 g/mol. The minimum Gasteiger partial charge on any atom is -0.490 e. The zero-order valence-corrected chi connectivity index (χ0v) is 21.7. The van der Waals surface area contributed by atoms with Gasteiger partial charge in [0.15, 0.2) is 16.9 Å². The fourth-order valence-corrected chi connectivity index (χ4v) is 4.73. The molecule has 5 rings (SSSR count). The number of carbonyl (C=O) groups excluding carboxylic acids is 1. The van der Waals surface area contributed by atoms with Gasteiger partial charge in [-0.05, 0) is 68.8 Å². The molecule has 9 heteroatoms. The summed E-state index contributed by atoms with van der Waals surface area (Å²) in [6.45, 7) is 6.85. The lowest BCUT2D eigenvalue weighted by Gasteiger charge is -2.28. The number of hydrogen-bond acceptors (Lipinski definition) is 7. The van der Waals surface area contributed by atoms with Gasteiger partial charge < -0.3 is 24.5 Å². The number of fused-ring (bicyclic) bond motifs is 2. The lowest BCUT2D eigenvalue weighted by atomic mass is 9.99. The molecule has 0 aliphatic carbocycles. The van der Waals surface area contributed by atoms with Crippen LogP contribution in [0.3, 0.4) is 0 Å². The lowest BCUT2D eigenvalue weighted by molar-refractivity contribution is 0.0988. The highest BCUT2D eigenvalue weighted by Gasteiger charge is 2.23. The Morgan fingerprint density at radius 1 is 1.19 bits per heavy atom. The second-order valence-electron chi connectivity index (χ2n) is 9.17. The van der Waals surface area contributed by atoms with Gasteiger partial charge in [-0.25, -0.2) is 4.98 Å². The summed E-state index contributed by atoms with van der Waals surface area (Å²) in [4.78, 5) is 31.5. The van der Waals surface area contributed by atoms with Gasteiger partial charge in [-0.1, -0.05) is 11.6 Å². The van der Waals surface area contributed by atoms with Crippen molar-refractivity contribution in [3.05, 3.63) is 80.2 Å². The molecule has 0 unspecified atom stereocenters. The summed E-state index contributed by atoms with van der Waals surface area (Å²) >= 11 is 5.94. The number of halogens is 1. The molecule has 2 aromatic carbocycles. The van der Waals surface area contributed by atoms with E-state index in [1.165, 1.54) is 6.07 Å². The van der Waals surface area contributed by atoms with Crippen molar-refractivity contribution in [2.75, 3.05) is 25.1 Å². The zero-order chi connectivity index (χ0) is 26.4. The molecule has 8 nitrogen and oxygen atoms in total. The maximum absolute atomic E-state index is 13.5. The average Bonchev–Trinajstić information content (AvgIpc) is 2.87. The third-order valence-corrected chi connectivity index (χ3v) is 6.72. The van der Waals surface area contributed by atoms with Crippen molar-refractivity contribution >= 4 is 34.2 Å². The van der Waals surface area contributed by atoms with Crippen LogP contribution >= 0.6 is 11.6 Å². The van der Waals surface area contributed by atoms with Crippen molar-refractivity contribution in [3.8, 4) is 22.8 Å². The molecule has 2 N–H and O–H groups in total. The van der Waals surface area contributed by atoms with Gasteiger partial charge in [-0.15, -0.1) is 0 Å². The Morgan fingerprint density at radius 2 is 1.97 bits per heavy atom. The van der Waals surface area contributed by atoms with Gasteiger partial charge >= 0.3 is 0 Å². The van der Waals surface area contributed by atoms with Crippen LogP contribution in [0.15, 0.2) is 51.7 Å². The third-order valence-electron chi connectivity index (χ3n) is 6.51. The molecule has 1 aliphatic rings. The van der Waals surface area contributed by atoms with Crippen LogP contribution in [0.5, 0.6) is 11.5 Å². The van der Waals surface area contributed by atoms with Gasteiger partial charge in [0.05, 0.1) is 17.6 Å². The second kappa shape index (κ2) is 9.44. The molecule has 0 fully saturated rings. The maximum Gasteiger partial charge on any atom is 0.271 e. The highest BCUT2D eigenvalue weighted by atomic mass is 35.5. The Bertz CT molecular complexity index is 1610. The Labute approximate surface area is 218 Å². The van der Waals surface area contributed by atoms with Crippen molar-refractivity contribution in [1.29, 1.82) is 0 Å². The summed E-state index contributed by atoms with van der Waals surface area (Å²) in [6.07, 6.45) is -0.606.